The normalized spacial score (nSPS) is 12.0. The lowest BCUT2D eigenvalue weighted by molar-refractivity contribution is -0.150. The van der Waals surface area contributed by atoms with Gasteiger partial charge in [0.25, 0.3) is 11.1 Å². The summed E-state index contributed by atoms with van der Waals surface area (Å²) in [6.45, 7) is 1.45. The van der Waals surface area contributed by atoms with Crippen LogP contribution in [0.3, 0.4) is 0 Å². The van der Waals surface area contributed by atoms with E-state index in [-0.39, 0.29) is 16.6 Å². The molecular formula is C17H13Cl2N3O4S. The number of benzene rings is 1. The Labute approximate surface area is 168 Å². The fraction of sp³-hybridized carbons (Fsp3) is 0.176. The zero-order chi connectivity index (χ0) is 19.4. The van der Waals surface area contributed by atoms with Crippen molar-refractivity contribution in [2.75, 3.05) is 11.1 Å². The maximum atomic E-state index is 12.1. The molecule has 3 rings (SSSR count). The molecule has 0 aliphatic carbocycles. The van der Waals surface area contributed by atoms with E-state index in [2.05, 4.69) is 15.3 Å². The maximum Gasteiger partial charge on any atom is 0.317 e. The number of anilines is 1. The number of hydrogen-bond donors (Lipinski definition) is 1. The molecule has 10 heteroatoms. The second-order valence-corrected chi connectivity index (χ2v) is 7.11. The molecule has 0 fully saturated rings. The lowest BCUT2D eigenvalue weighted by atomic mass is 10.3. The first-order chi connectivity index (χ1) is 12.9. The Hall–Kier alpha value is -2.29. The predicted octanol–water partition coefficient (Wildman–Crippen LogP) is 4.19. The van der Waals surface area contributed by atoms with Crippen molar-refractivity contribution in [2.45, 2.75) is 18.3 Å². The molecule has 0 radical (unpaired) electrons. The van der Waals surface area contributed by atoms with Crippen LogP contribution in [0.15, 0.2) is 46.2 Å². The second-order valence-electron chi connectivity index (χ2n) is 5.34. The van der Waals surface area contributed by atoms with Crippen molar-refractivity contribution in [3.05, 3.63) is 46.6 Å². The summed E-state index contributed by atoms with van der Waals surface area (Å²) >= 11 is 12.8. The number of ether oxygens (including phenoxy) is 1. The number of nitrogens with zero attached hydrogens (tertiary/aromatic N) is 2. The molecule has 3 aromatic rings. The molecule has 7 nitrogen and oxygen atoms in total. The molecule has 1 unspecified atom stereocenters. The number of rotatable bonds is 6. The van der Waals surface area contributed by atoms with Crippen molar-refractivity contribution < 1.29 is 18.7 Å². The van der Waals surface area contributed by atoms with Crippen LogP contribution in [-0.4, -0.2) is 33.7 Å². The first-order valence-electron chi connectivity index (χ1n) is 7.72. The van der Waals surface area contributed by atoms with Crippen molar-refractivity contribution >= 4 is 63.8 Å². The van der Waals surface area contributed by atoms with E-state index in [0.29, 0.717) is 21.3 Å². The van der Waals surface area contributed by atoms with Gasteiger partial charge in [-0.15, -0.1) is 0 Å². The number of hydrogen-bond acceptors (Lipinski definition) is 7. The van der Waals surface area contributed by atoms with Gasteiger partial charge in [-0.1, -0.05) is 47.1 Å². The molecule has 0 aliphatic heterocycles. The van der Waals surface area contributed by atoms with Crippen molar-refractivity contribution in [1.82, 2.24) is 9.97 Å². The predicted molar refractivity (Wildman–Crippen MR) is 103 cm³/mol. The summed E-state index contributed by atoms with van der Waals surface area (Å²) in [6, 6.07) is 8.71. The molecular weight excluding hydrogens is 413 g/mol. The zero-order valence-corrected chi connectivity index (χ0v) is 16.3. The largest absolute Gasteiger partial charge is 0.452 e. The van der Waals surface area contributed by atoms with Crippen molar-refractivity contribution in [2.24, 2.45) is 0 Å². The lowest BCUT2D eigenvalue weighted by Crippen LogP contribution is -2.30. The number of carbonyl (C=O) groups excluding carboxylic acids is 2. The van der Waals surface area contributed by atoms with E-state index < -0.39 is 18.0 Å². The molecule has 0 saturated heterocycles. The number of fused-ring (bicyclic) bond motifs is 1. The third-order valence-electron chi connectivity index (χ3n) is 3.31. The van der Waals surface area contributed by atoms with Crippen LogP contribution in [0.5, 0.6) is 0 Å². The molecule has 0 saturated carbocycles. The van der Waals surface area contributed by atoms with Gasteiger partial charge in [0.1, 0.15) is 11.3 Å². The third kappa shape index (κ3) is 5.12. The molecule has 2 heterocycles. The quantitative estimate of drug-likeness (QED) is 0.467. The Morgan fingerprint density at radius 3 is 2.85 bits per heavy atom. The first kappa shape index (κ1) is 19.5. The van der Waals surface area contributed by atoms with Crippen LogP contribution >= 0.6 is 35.0 Å². The van der Waals surface area contributed by atoms with Gasteiger partial charge in [-0.3, -0.25) is 9.59 Å². The molecule has 1 aromatic carbocycles. The minimum Gasteiger partial charge on any atom is -0.452 e. The molecule has 0 aliphatic rings. The van der Waals surface area contributed by atoms with Gasteiger partial charge < -0.3 is 14.5 Å². The highest BCUT2D eigenvalue weighted by Gasteiger charge is 2.20. The van der Waals surface area contributed by atoms with Crippen LogP contribution in [0.25, 0.3) is 11.1 Å². The van der Waals surface area contributed by atoms with Gasteiger partial charge in [0.05, 0.1) is 10.0 Å². The van der Waals surface area contributed by atoms with Gasteiger partial charge in [-0.25, -0.2) is 9.97 Å². The minimum atomic E-state index is -1.03. The number of para-hydroxylation sites is 2. The van der Waals surface area contributed by atoms with Crippen molar-refractivity contribution in [3.63, 3.8) is 0 Å². The molecule has 1 atom stereocenters. The van der Waals surface area contributed by atoms with Gasteiger partial charge in [0.15, 0.2) is 17.5 Å². The highest BCUT2D eigenvalue weighted by Crippen LogP contribution is 2.24. The van der Waals surface area contributed by atoms with E-state index in [4.69, 9.17) is 32.4 Å². The molecule has 140 valence electrons. The molecule has 0 bridgehead atoms. The highest BCUT2D eigenvalue weighted by molar-refractivity contribution is 7.99. The van der Waals surface area contributed by atoms with E-state index in [0.717, 1.165) is 11.8 Å². The van der Waals surface area contributed by atoms with Crippen LogP contribution in [0, 0.1) is 0 Å². The average molecular weight is 426 g/mol. The van der Waals surface area contributed by atoms with Gasteiger partial charge in [-0.2, -0.15) is 0 Å². The fourth-order valence-electron chi connectivity index (χ4n) is 2.04. The Morgan fingerprint density at radius 2 is 2.11 bits per heavy atom. The Bertz CT molecular complexity index is 962. The smallest absolute Gasteiger partial charge is 0.317 e. The SMILES string of the molecule is CC(OC(=O)CSc1nc2ccccc2o1)C(=O)Nc1ncc(Cl)cc1Cl. The Morgan fingerprint density at radius 1 is 1.33 bits per heavy atom. The molecule has 27 heavy (non-hydrogen) atoms. The Kier molecular flexibility index (Phi) is 6.20. The van der Waals surface area contributed by atoms with Crippen LogP contribution in [0.2, 0.25) is 10.0 Å². The molecule has 0 spiro atoms. The third-order valence-corrected chi connectivity index (χ3v) is 4.61. The van der Waals surface area contributed by atoms with Crippen molar-refractivity contribution in [3.8, 4) is 0 Å². The van der Waals surface area contributed by atoms with Crippen LogP contribution in [0.4, 0.5) is 5.82 Å². The van der Waals surface area contributed by atoms with E-state index in [1.54, 1.807) is 6.07 Å². The summed E-state index contributed by atoms with van der Waals surface area (Å²) < 4.78 is 10.6. The molecule has 1 amide bonds. The number of amides is 1. The summed E-state index contributed by atoms with van der Waals surface area (Å²) in [7, 11) is 0. The number of halogens is 2. The van der Waals surface area contributed by atoms with Crippen molar-refractivity contribution in [1.29, 1.82) is 0 Å². The number of aromatic nitrogens is 2. The zero-order valence-electron chi connectivity index (χ0n) is 13.9. The fourth-order valence-corrected chi connectivity index (χ4v) is 3.09. The van der Waals surface area contributed by atoms with E-state index in [1.165, 1.54) is 19.2 Å². The van der Waals surface area contributed by atoms with E-state index in [9.17, 15) is 9.59 Å². The minimum absolute atomic E-state index is 0.0512. The number of thioether (sulfide) groups is 1. The van der Waals surface area contributed by atoms with Crippen LogP contribution < -0.4 is 5.32 Å². The highest BCUT2D eigenvalue weighted by atomic mass is 35.5. The van der Waals surface area contributed by atoms with Crippen LogP contribution in [0.1, 0.15) is 6.92 Å². The first-order valence-corrected chi connectivity index (χ1v) is 9.46. The van der Waals surface area contributed by atoms with Gasteiger partial charge in [0, 0.05) is 6.20 Å². The van der Waals surface area contributed by atoms with E-state index >= 15 is 0 Å². The summed E-state index contributed by atoms with van der Waals surface area (Å²) in [5.74, 6) is -1.06. The summed E-state index contributed by atoms with van der Waals surface area (Å²) in [4.78, 5) is 32.2. The monoisotopic (exact) mass is 425 g/mol. The second kappa shape index (κ2) is 8.60. The number of oxazole rings is 1. The topological polar surface area (TPSA) is 94.3 Å². The lowest BCUT2D eigenvalue weighted by Gasteiger charge is -2.13. The number of carbonyl (C=O) groups is 2. The summed E-state index contributed by atoms with van der Waals surface area (Å²) in [6.07, 6.45) is 0.312. The number of nitrogens with one attached hydrogen (secondary N) is 1. The average Bonchev–Trinajstić information content (AvgIpc) is 3.05. The van der Waals surface area contributed by atoms with Gasteiger partial charge in [0.2, 0.25) is 0 Å². The maximum absolute atomic E-state index is 12.1. The summed E-state index contributed by atoms with van der Waals surface area (Å²) in [5.41, 5.74) is 1.34. The number of pyridine rings is 1. The number of esters is 1. The van der Waals surface area contributed by atoms with Crippen LogP contribution in [-0.2, 0) is 14.3 Å². The molecule has 1 N–H and O–H groups in total. The standard InChI is InChI=1S/C17H13Cl2N3O4S/c1-9(16(24)22-15-11(19)6-10(18)7-20-15)25-14(23)8-27-17-21-12-4-2-3-5-13(12)26-17/h2-7,9H,8H2,1H3,(H,20,22,24). The van der Waals surface area contributed by atoms with Gasteiger partial charge in [-0.05, 0) is 25.1 Å². The van der Waals surface area contributed by atoms with Gasteiger partial charge >= 0.3 is 5.97 Å². The molecule has 2 aromatic heterocycles. The van der Waals surface area contributed by atoms with E-state index in [1.807, 2.05) is 18.2 Å². The Balaban J connectivity index is 1.51. The summed E-state index contributed by atoms with van der Waals surface area (Å²) in [5, 5.41) is 3.35.